The van der Waals surface area contributed by atoms with Crippen LogP contribution < -0.4 is 4.74 Å². The summed E-state index contributed by atoms with van der Waals surface area (Å²) in [6.07, 6.45) is 1.08. The van der Waals surface area contributed by atoms with Crippen molar-refractivity contribution in [2.45, 2.75) is 32.8 Å². The fourth-order valence-corrected chi connectivity index (χ4v) is 1.29. The average Bonchev–Trinajstić information content (AvgIpc) is 2.18. The van der Waals surface area contributed by atoms with Gasteiger partial charge >= 0.3 is 0 Å². The zero-order valence-corrected chi connectivity index (χ0v) is 9.16. The fourth-order valence-electron chi connectivity index (χ4n) is 1.29. The topological polar surface area (TPSA) is 29.5 Å². The molecule has 0 amide bonds. The quantitative estimate of drug-likeness (QED) is 0.760. The maximum atomic E-state index is 13.4. The normalized spacial score (nSPS) is 12.5. The molecular formula is C12H17FO2. The van der Waals surface area contributed by atoms with Crippen molar-refractivity contribution in [3.63, 3.8) is 0 Å². The highest BCUT2D eigenvalue weighted by atomic mass is 19.1. The van der Waals surface area contributed by atoms with Crippen molar-refractivity contribution in [1.82, 2.24) is 0 Å². The summed E-state index contributed by atoms with van der Waals surface area (Å²) in [5, 5.41) is 9.02. The molecule has 0 radical (unpaired) electrons. The van der Waals surface area contributed by atoms with Gasteiger partial charge in [0.05, 0.1) is 12.7 Å². The Labute approximate surface area is 89.7 Å². The van der Waals surface area contributed by atoms with Crippen LogP contribution >= 0.6 is 0 Å². The van der Waals surface area contributed by atoms with Gasteiger partial charge in [-0.05, 0) is 38.3 Å². The highest BCUT2D eigenvalue weighted by Gasteiger charge is 2.05. The minimum absolute atomic E-state index is 0.292. The molecule has 1 unspecified atom stereocenters. The largest absolute Gasteiger partial charge is 0.491 e. The molecule has 1 atom stereocenters. The van der Waals surface area contributed by atoms with Gasteiger partial charge in [-0.25, -0.2) is 4.39 Å². The number of aliphatic hydroxyl groups excluding tert-OH is 1. The summed E-state index contributed by atoms with van der Waals surface area (Å²) in [6.45, 7) is 3.87. The Morgan fingerprint density at radius 1 is 1.47 bits per heavy atom. The van der Waals surface area contributed by atoms with Crippen molar-refractivity contribution < 1.29 is 14.2 Å². The second kappa shape index (κ2) is 5.71. The number of hydrogen-bond acceptors (Lipinski definition) is 2. The molecular weight excluding hydrogens is 195 g/mol. The van der Waals surface area contributed by atoms with Gasteiger partial charge in [0.25, 0.3) is 0 Å². The van der Waals surface area contributed by atoms with E-state index in [-0.39, 0.29) is 11.9 Å². The van der Waals surface area contributed by atoms with E-state index >= 15 is 0 Å². The smallest absolute Gasteiger partial charge is 0.167 e. The summed E-state index contributed by atoms with van der Waals surface area (Å²) in [7, 11) is 0. The van der Waals surface area contributed by atoms with Crippen molar-refractivity contribution in [3.8, 4) is 5.75 Å². The zero-order valence-electron chi connectivity index (χ0n) is 9.16. The summed E-state index contributed by atoms with van der Waals surface area (Å²) in [6, 6.07) is 5.09. The maximum Gasteiger partial charge on any atom is 0.167 e. The van der Waals surface area contributed by atoms with Crippen LogP contribution in [0.5, 0.6) is 5.75 Å². The van der Waals surface area contributed by atoms with E-state index in [0.717, 1.165) is 6.42 Å². The Morgan fingerprint density at radius 3 is 2.87 bits per heavy atom. The molecule has 0 saturated carbocycles. The first-order chi connectivity index (χ1) is 7.11. The van der Waals surface area contributed by atoms with Gasteiger partial charge in [0.1, 0.15) is 0 Å². The van der Waals surface area contributed by atoms with Crippen LogP contribution in [-0.4, -0.2) is 17.8 Å². The van der Waals surface area contributed by atoms with E-state index in [9.17, 15) is 4.39 Å². The van der Waals surface area contributed by atoms with E-state index in [4.69, 9.17) is 9.84 Å². The monoisotopic (exact) mass is 212 g/mol. The molecule has 15 heavy (non-hydrogen) atoms. The lowest BCUT2D eigenvalue weighted by Crippen LogP contribution is -2.05. The van der Waals surface area contributed by atoms with Crippen LogP contribution in [0.2, 0.25) is 0 Å². The Balaban J connectivity index is 2.41. The Bertz CT molecular complexity index is 310. The predicted octanol–water partition coefficient (Wildman–Crippen LogP) is 2.67. The van der Waals surface area contributed by atoms with E-state index in [1.807, 2.05) is 0 Å². The number of rotatable bonds is 5. The molecule has 0 aromatic heterocycles. The summed E-state index contributed by atoms with van der Waals surface area (Å²) in [5.74, 6) is -0.00450. The summed E-state index contributed by atoms with van der Waals surface area (Å²) >= 11 is 0. The average molecular weight is 212 g/mol. The first kappa shape index (κ1) is 12.0. The molecule has 1 aromatic carbocycles. The molecule has 0 aliphatic carbocycles. The predicted molar refractivity (Wildman–Crippen MR) is 57.5 cm³/mol. The molecule has 0 fully saturated rings. The van der Waals surface area contributed by atoms with Gasteiger partial charge in [-0.3, -0.25) is 0 Å². The molecule has 1 rings (SSSR count). The van der Waals surface area contributed by atoms with Gasteiger partial charge in [-0.2, -0.15) is 0 Å². The number of halogens is 1. The summed E-state index contributed by atoms with van der Waals surface area (Å²) < 4.78 is 18.7. The van der Waals surface area contributed by atoms with E-state index < -0.39 is 0 Å². The van der Waals surface area contributed by atoms with E-state index in [0.29, 0.717) is 24.3 Å². The van der Waals surface area contributed by atoms with Crippen LogP contribution in [0.4, 0.5) is 4.39 Å². The minimum Gasteiger partial charge on any atom is -0.491 e. The zero-order chi connectivity index (χ0) is 11.3. The lowest BCUT2D eigenvalue weighted by atomic mass is 10.2. The molecule has 0 saturated heterocycles. The molecule has 1 aromatic rings. The number of benzene rings is 1. The van der Waals surface area contributed by atoms with E-state index in [1.54, 1.807) is 32.0 Å². The summed E-state index contributed by atoms with van der Waals surface area (Å²) in [4.78, 5) is 0. The van der Waals surface area contributed by atoms with Gasteiger partial charge in [-0.1, -0.05) is 12.1 Å². The third-order valence-electron chi connectivity index (χ3n) is 2.18. The Morgan fingerprint density at radius 2 is 2.20 bits per heavy atom. The third-order valence-corrected chi connectivity index (χ3v) is 2.18. The lowest BCUT2D eigenvalue weighted by molar-refractivity contribution is 0.169. The molecule has 84 valence electrons. The van der Waals surface area contributed by atoms with Gasteiger partial charge in [0.15, 0.2) is 11.6 Å². The highest BCUT2D eigenvalue weighted by molar-refractivity contribution is 5.29. The van der Waals surface area contributed by atoms with Crippen molar-refractivity contribution in [3.05, 3.63) is 29.6 Å². The molecule has 0 heterocycles. The van der Waals surface area contributed by atoms with Crippen molar-refractivity contribution >= 4 is 0 Å². The highest BCUT2D eigenvalue weighted by Crippen LogP contribution is 2.19. The number of aliphatic hydroxyl groups is 1. The molecule has 2 nitrogen and oxygen atoms in total. The molecule has 3 heteroatoms. The SMILES string of the molecule is Cc1cccc(OCCCC(C)O)c1F. The van der Waals surface area contributed by atoms with Gasteiger partial charge < -0.3 is 9.84 Å². The van der Waals surface area contributed by atoms with Crippen LogP contribution in [0, 0.1) is 12.7 Å². The van der Waals surface area contributed by atoms with Crippen LogP contribution in [0.3, 0.4) is 0 Å². The summed E-state index contributed by atoms with van der Waals surface area (Å²) in [5.41, 5.74) is 0.586. The molecule has 0 aliphatic rings. The van der Waals surface area contributed by atoms with Crippen molar-refractivity contribution in [2.24, 2.45) is 0 Å². The van der Waals surface area contributed by atoms with Gasteiger partial charge in [-0.15, -0.1) is 0 Å². The Kier molecular flexibility index (Phi) is 4.56. The molecule has 1 N–H and O–H groups in total. The van der Waals surface area contributed by atoms with Crippen molar-refractivity contribution in [1.29, 1.82) is 0 Å². The fraction of sp³-hybridized carbons (Fsp3) is 0.500. The van der Waals surface area contributed by atoms with Crippen LogP contribution in [0.25, 0.3) is 0 Å². The second-order valence-corrected chi connectivity index (χ2v) is 3.73. The van der Waals surface area contributed by atoms with Gasteiger partial charge in [0, 0.05) is 0 Å². The number of aryl methyl sites for hydroxylation is 1. The Hall–Kier alpha value is -1.09. The van der Waals surface area contributed by atoms with Crippen molar-refractivity contribution in [2.75, 3.05) is 6.61 Å². The molecule has 0 bridgehead atoms. The second-order valence-electron chi connectivity index (χ2n) is 3.73. The third kappa shape index (κ3) is 3.88. The number of ether oxygens (including phenoxy) is 1. The first-order valence-electron chi connectivity index (χ1n) is 5.17. The van der Waals surface area contributed by atoms with Crippen LogP contribution in [0.1, 0.15) is 25.3 Å². The van der Waals surface area contributed by atoms with Crippen LogP contribution in [-0.2, 0) is 0 Å². The van der Waals surface area contributed by atoms with Crippen LogP contribution in [0.15, 0.2) is 18.2 Å². The lowest BCUT2D eigenvalue weighted by Gasteiger charge is -2.09. The van der Waals surface area contributed by atoms with E-state index in [2.05, 4.69) is 0 Å². The van der Waals surface area contributed by atoms with E-state index in [1.165, 1.54) is 0 Å². The standard InChI is InChI=1S/C12H17FO2/c1-9-5-3-7-11(12(9)13)15-8-4-6-10(2)14/h3,5,7,10,14H,4,6,8H2,1-2H3. The molecule has 0 spiro atoms. The minimum atomic E-state index is -0.323. The first-order valence-corrected chi connectivity index (χ1v) is 5.17. The van der Waals surface area contributed by atoms with Gasteiger partial charge in [0.2, 0.25) is 0 Å². The maximum absolute atomic E-state index is 13.4. The number of hydrogen-bond donors (Lipinski definition) is 1. The molecule has 0 aliphatic heterocycles.